The van der Waals surface area contributed by atoms with Gasteiger partial charge in [-0.2, -0.15) is 0 Å². The van der Waals surface area contributed by atoms with Gasteiger partial charge in [0.1, 0.15) is 11.6 Å². The van der Waals surface area contributed by atoms with Crippen molar-refractivity contribution in [3.8, 4) is 0 Å². The Morgan fingerprint density at radius 3 is 2.45 bits per heavy atom. The quantitative estimate of drug-likeness (QED) is 0.446. The van der Waals surface area contributed by atoms with E-state index in [1.807, 2.05) is 30.3 Å². The monoisotopic (exact) mass is 563 g/mol. The molecule has 3 saturated heterocycles. The molecule has 40 heavy (non-hydrogen) atoms. The molecule has 1 spiro atoms. The molecule has 5 rings (SSSR count). The molecule has 0 saturated carbocycles. The number of rotatable bonds is 10. The van der Waals surface area contributed by atoms with Crippen molar-refractivity contribution >= 4 is 35.0 Å². The number of likely N-dealkylation sites (tertiary alicyclic amines) is 1. The van der Waals surface area contributed by atoms with Crippen molar-refractivity contribution in [1.82, 2.24) is 9.80 Å². The molecule has 3 amide bonds. The van der Waals surface area contributed by atoms with Crippen LogP contribution in [0.3, 0.4) is 0 Å². The first-order valence-electron chi connectivity index (χ1n) is 13.5. The van der Waals surface area contributed by atoms with E-state index in [-0.39, 0.29) is 18.4 Å². The van der Waals surface area contributed by atoms with E-state index in [0.29, 0.717) is 35.7 Å². The minimum atomic E-state index is -1.23. The molecule has 3 aliphatic heterocycles. The molecule has 1 N–H and O–H groups in total. The molecule has 0 radical (unpaired) electrons. The van der Waals surface area contributed by atoms with Crippen LogP contribution in [-0.2, 0) is 19.1 Å². The second-order valence-electron chi connectivity index (χ2n) is 10.6. The highest BCUT2D eigenvalue weighted by Crippen LogP contribution is 2.60. The second-order valence-corrected chi connectivity index (χ2v) is 11.0. The first kappa shape index (κ1) is 28.1. The van der Waals surface area contributed by atoms with Gasteiger partial charge in [0.05, 0.1) is 41.3 Å². The molecule has 6 atom stereocenters. The van der Waals surface area contributed by atoms with Gasteiger partial charge in [0.2, 0.25) is 11.8 Å². The first-order valence-corrected chi connectivity index (χ1v) is 13.9. The lowest BCUT2D eigenvalue weighted by Gasteiger charge is -2.39. The van der Waals surface area contributed by atoms with E-state index in [1.54, 1.807) is 43.5 Å². The van der Waals surface area contributed by atoms with Crippen LogP contribution in [-0.4, -0.2) is 77.1 Å². The van der Waals surface area contributed by atoms with Crippen molar-refractivity contribution in [3.63, 3.8) is 0 Å². The topological polar surface area (TPSA) is 90.4 Å². The van der Waals surface area contributed by atoms with E-state index in [1.165, 1.54) is 14.7 Å². The van der Waals surface area contributed by atoms with Crippen LogP contribution < -0.4 is 4.90 Å². The van der Waals surface area contributed by atoms with Crippen LogP contribution in [0.25, 0.3) is 0 Å². The Hall–Kier alpha value is -3.46. The summed E-state index contributed by atoms with van der Waals surface area (Å²) in [4.78, 5) is 47.3. The zero-order valence-corrected chi connectivity index (χ0v) is 23.2. The fraction of sp³-hybridized carbons (Fsp3) is 0.387. The number of carbonyl (C=O) groups excluding carboxylic acids is 3. The fourth-order valence-corrected chi connectivity index (χ4v) is 7.05. The summed E-state index contributed by atoms with van der Waals surface area (Å²) in [5.41, 5.74) is -0.0638. The van der Waals surface area contributed by atoms with E-state index in [0.717, 1.165) is 0 Å². The Morgan fingerprint density at radius 2 is 1.80 bits per heavy atom. The van der Waals surface area contributed by atoms with Crippen molar-refractivity contribution in [2.75, 3.05) is 31.6 Å². The largest absolute Gasteiger partial charge is 0.394 e. The third kappa shape index (κ3) is 4.35. The third-order valence-electron chi connectivity index (χ3n) is 8.45. The van der Waals surface area contributed by atoms with Crippen LogP contribution in [0.15, 0.2) is 79.9 Å². The Morgan fingerprint density at radius 1 is 1.12 bits per heavy atom. The second kappa shape index (κ2) is 11.2. The highest BCUT2D eigenvalue weighted by atomic mass is 35.5. The number of halogens is 1. The number of amides is 3. The van der Waals surface area contributed by atoms with Crippen LogP contribution in [0.2, 0.25) is 5.02 Å². The maximum Gasteiger partial charge on any atom is 0.253 e. The molecule has 0 aliphatic carbocycles. The van der Waals surface area contributed by atoms with Crippen LogP contribution >= 0.6 is 11.6 Å². The minimum Gasteiger partial charge on any atom is -0.394 e. The van der Waals surface area contributed by atoms with E-state index in [4.69, 9.17) is 16.3 Å². The lowest BCUT2D eigenvalue weighted by atomic mass is 9.70. The van der Waals surface area contributed by atoms with Gasteiger partial charge in [-0.05, 0) is 30.5 Å². The maximum atomic E-state index is 14.7. The van der Waals surface area contributed by atoms with Gasteiger partial charge in [0, 0.05) is 20.1 Å². The molecule has 2 unspecified atom stereocenters. The predicted octanol–water partition coefficient (Wildman–Crippen LogP) is 3.61. The van der Waals surface area contributed by atoms with Gasteiger partial charge < -0.3 is 24.5 Å². The summed E-state index contributed by atoms with van der Waals surface area (Å²) >= 11 is 6.54. The van der Waals surface area contributed by atoms with Crippen LogP contribution in [0.4, 0.5) is 5.69 Å². The van der Waals surface area contributed by atoms with Gasteiger partial charge in [-0.1, -0.05) is 66.2 Å². The molecule has 3 aliphatic rings. The summed E-state index contributed by atoms with van der Waals surface area (Å²) in [5.74, 6) is -2.59. The normalized spacial score (nSPS) is 27.3. The van der Waals surface area contributed by atoms with Crippen LogP contribution in [0.5, 0.6) is 0 Å². The number of carbonyl (C=O) groups is 3. The number of hydrogen-bond acceptors (Lipinski definition) is 5. The number of nitrogens with zero attached hydrogens (tertiary/aromatic N) is 3. The lowest BCUT2D eigenvalue weighted by molar-refractivity contribution is -0.147. The Balaban J connectivity index is 1.65. The molecule has 2 bridgehead atoms. The summed E-state index contributed by atoms with van der Waals surface area (Å²) in [6.07, 6.45) is 3.73. The van der Waals surface area contributed by atoms with E-state index < -0.39 is 48.1 Å². The van der Waals surface area contributed by atoms with Gasteiger partial charge in [-0.15, -0.1) is 13.2 Å². The summed E-state index contributed by atoms with van der Waals surface area (Å²) < 4.78 is 6.58. The minimum absolute atomic E-state index is 0.144. The van der Waals surface area contributed by atoms with Crippen LogP contribution in [0, 0.1) is 11.8 Å². The molecule has 2 aromatic rings. The predicted molar refractivity (Wildman–Crippen MR) is 153 cm³/mol. The standard InChI is InChI=1S/C31H34ClN3O5/c1-4-17-33(3)28(37)25-24-15-16-31(40-24)26(25)29(38)35(23(19-36)20-11-7-6-8-12-20)27(31)30(39)34(18-5-2)22-14-10-9-13-21(22)32/h4-14,23-27,36H,1-2,15-19H2,3H3/t23-,24+,25-,26+,27?,31?/m1/s1. The summed E-state index contributed by atoms with van der Waals surface area (Å²) in [6.45, 7) is 7.62. The SMILES string of the molecule is C=CCN(C)C(=O)[C@@H]1[C@@H]2CCC3(O2)C(C(=O)N(CC=C)c2ccccc2Cl)N([C@H](CO)c2ccccc2)C(=O)[C@H]13. The van der Waals surface area contributed by atoms with E-state index in [9.17, 15) is 19.5 Å². The number of aliphatic hydroxyl groups excluding tert-OH is 1. The molecular formula is C31H34ClN3O5. The summed E-state index contributed by atoms with van der Waals surface area (Å²) in [7, 11) is 1.67. The van der Waals surface area contributed by atoms with Crippen molar-refractivity contribution in [3.05, 3.63) is 90.5 Å². The number of likely N-dealkylation sites (N-methyl/N-ethyl adjacent to an activating group) is 1. The smallest absolute Gasteiger partial charge is 0.253 e. The van der Waals surface area contributed by atoms with E-state index in [2.05, 4.69) is 13.2 Å². The number of aliphatic hydroxyl groups is 1. The summed E-state index contributed by atoms with van der Waals surface area (Å²) in [6, 6.07) is 14.2. The van der Waals surface area contributed by atoms with Gasteiger partial charge in [0.15, 0.2) is 0 Å². The van der Waals surface area contributed by atoms with Crippen molar-refractivity contribution in [2.45, 2.75) is 36.6 Å². The van der Waals surface area contributed by atoms with Gasteiger partial charge >= 0.3 is 0 Å². The maximum absolute atomic E-state index is 14.7. The van der Waals surface area contributed by atoms with Gasteiger partial charge in [0.25, 0.3) is 5.91 Å². The number of hydrogen-bond donors (Lipinski definition) is 1. The number of ether oxygens (including phenoxy) is 1. The number of benzene rings is 2. The number of fused-ring (bicyclic) bond motifs is 1. The van der Waals surface area contributed by atoms with Crippen molar-refractivity contribution in [1.29, 1.82) is 0 Å². The highest BCUT2D eigenvalue weighted by Gasteiger charge is 2.75. The molecule has 210 valence electrons. The third-order valence-corrected chi connectivity index (χ3v) is 8.77. The molecule has 9 heteroatoms. The molecule has 3 fully saturated rings. The fourth-order valence-electron chi connectivity index (χ4n) is 6.81. The molecular weight excluding hydrogens is 530 g/mol. The zero-order valence-electron chi connectivity index (χ0n) is 22.5. The van der Waals surface area contributed by atoms with E-state index >= 15 is 0 Å². The number of para-hydroxylation sites is 1. The van der Waals surface area contributed by atoms with Crippen molar-refractivity contribution < 1.29 is 24.2 Å². The average Bonchev–Trinajstić information content (AvgIpc) is 3.60. The Labute approximate surface area is 239 Å². The molecule has 3 heterocycles. The molecule has 2 aromatic carbocycles. The Bertz CT molecular complexity index is 1320. The average molecular weight is 564 g/mol. The Kier molecular flexibility index (Phi) is 7.86. The van der Waals surface area contributed by atoms with Gasteiger partial charge in [-0.3, -0.25) is 14.4 Å². The molecule has 8 nitrogen and oxygen atoms in total. The lowest BCUT2D eigenvalue weighted by Crippen LogP contribution is -2.57. The zero-order chi connectivity index (χ0) is 28.6. The summed E-state index contributed by atoms with van der Waals surface area (Å²) in [5, 5.41) is 11.0. The highest BCUT2D eigenvalue weighted by molar-refractivity contribution is 6.34. The van der Waals surface area contributed by atoms with Crippen molar-refractivity contribution in [2.24, 2.45) is 11.8 Å². The molecule has 0 aromatic heterocycles. The van der Waals surface area contributed by atoms with Gasteiger partial charge in [-0.25, -0.2) is 0 Å². The number of anilines is 1. The van der Waals surface area contributed by atoms with Crippen LogP contribution in [0.1, 0.15) is 24.4 Å². The first-order chi connectivity index (χ1) is 19.3.